The van der Waals surface area contributed by atoms with Crippen molar-refractivity contribution in [3.05, 3.63) is 35.9 Å². The first-order valence-electron chi connectivity index (χ1n) is 12.2. The minimum atomic E-state index is -1.10. The van der Waals surface area contributed by atoms with Crippen LogP contribution in [0.2, 0.25) is 0 Å². The summed E-state index contributed by atoms with van der Waals surface area (Å²) in [6.07, 6.45) is 5.26. The molecule has 0 aliphatic rings. The Kier molecular flexibility index (Phi) is 20.9. The van der Waals surface area contributed by atoms with Gasteiger partial charge in [-0.05, 0) is 5.56 Å². The molecule has 1 aromatic rings. The lowest BCUT2D eigenvalue weighted by molar-refractivity contribution is -0.142. The van der Waals surface area contributed by atoms with Gasteiger partial charge in [0, 0.05) is 6.42 Å². The summed E-state index contributed by atoms with van der Waals surface area (Å²) in [5, 5.41) is 11.8. The molecule has 1 atom stereocenters. The highest BCUT2D eigenvalue weighted by atomic mass is 16.6. The van der Waals surface area contributed by atoms with E-state index < -0.39 is 17.9 Å². The van der Waals surface area contributed by atoms with Gasteiger partial charge in [0.05, 0.1) is 79.3 Å². The van der Waals surface area contributed by atoms with Gasteiger partial charge in [-0.1, -0.05) is 36.3 Å². The van der Waals surface area contributed by atoms with Crippen molar-refractivity contribution in [1.82, 2.24) is 5.32 Å². The van der Waals surface area contributed by atoms with Crippen LogP contribution < -0.4 is 5.32 Å². The van der Waals surface area contributed by atoms with Crippen molar-refractivity contribution < 1.29 is 47.9 Å². The van der Waals surface area contributed by atoms with E-state index in [0.717, 1.165) is 5.56 Å². The van der Waals surface area contributed by atoms with Crippen LogP contribution in [0, 0.1) is 12.3 Å². The lowest BCUT2D eigenvalue weighted by Gasteiger charge is -2.14. The van der Waals surface area contributed by atoms with Crippen LogP contribution in [-0.2, 0) is 49.2 Å². The molecule has 0 saturated heterocycles. The van der Waals surface area contributed by atoms with E-state index >= 15 is 0 Å². The molecule has 0 unspecified atom stereocenters. The molecular weight excluding hydrogens is 486 g/mol. The number of carbonyl (C=O) groups is 2. The van der Waals surface area contributed by atoms with Crippen LogP contribution in [0.15, 0.2) is 30.3 Å². The molecule has 2 N–H and O–H groups in total. The third-order valence-electron chi connectivity index (χ3n) is 4.57. The zero-order valence-corrected chi connectivity index (χ0v) is 21.3. The number of carboxylic acids is 1. The molecule has 0 spiro atoms. The van der Waals surface area contributed by atoms with Gasteiger partial charge in [-0.25, -0.2) is 4.79 Å². The van der Waals surface area contributed by atoms with E-state index in [1.54, 1.807) is 0 Å². The van der Waals surface area contributed by atoms with E-state index in [-0.39, 0.29) is 19.6 Å². The van der Waals surface area contributed by atoms with Gasteiger partial charge in [0.25, 0.3) is 0 Å². The number of aliphatic carboxylic acids is 1. The van der Waals surface area contributed by atoms with E-state index in [9.17, 15) is 14.7 Å². The number of rotatable bonds is 25. The zero-order chi connectivity index (χ0) is 26.8. The highest BCUT2D eigenvalue weighted by molar-refractivity contribution is 5.84. The Morgan fingerprint density at radius 3 is 1.59 bits per heavy atom. The summed E-state index contributed by atoms with van der Waals surface area (Å²) in [4.78, 5) is 23.3. The second-order valence-electron chi connectivity index (χ2n) is 7.52. The van der Waals surface area contributed by atoms with Crippen molar-refractivity contribution >= 4 is 11.9 Å². The lowest BCUT2D eigenvalue weighted by atomic mass is 10.1. The van der Waals surface area contributed by atoms with Crippen molar-refractivity contribution in [1.29, 1.82) is 0 Å². The molecular formula is C26H39NO10. The molecule has 0 aliphatic heterocycles. The lowest BCUT2D eigenvalue weighted by Crippen LogP contribution is -2.44. The number of ether oxygens (including phenoxy) is 7. The van der Waals surface area contributed by atoms with Crippen LogP contribution in [0.25, 0.3) is 0 Å². The maximum atomic E-state index is 12.0. The maximum absolute atomic E-state index is 12.0. The van der Waals surface area contributed by atoms with Gasteiger partial charge in [0.15, 0.2) is 0 Å². The van der Waals surface area contributed by atoms with E-state index in [4.69, 9.17) is 39.6 Å². The van der Waals surface area contributed by atoms with E-state index in [2.05, 4.69) is 11.2 Å². The molecule has 1 aromatic carbocycles. The summed E-state index contributed by atoms with van der Waals surface area (Å²) in [5.74, 6) is 0.791. The number of carboxylic acid groups (broad SMARTS) is 1. The largest absolute Gasteiger partial charge is 0.480 e. The smallest absolute Gasteiger partial charge is 0.326 e. The first-order chi connectivity index (χ1) is 18.1. The molecule has 0 aromatic heterocycles. The minimum absolute atomic E-state index is 0.199. The summed E-state index contributed by atoms with van der Waals surface area (Å²) in [7, 11) is 0. The number of benzene rings is 1. The summed E-state index contributed by atoms with van der Waals surface area (Å²) in [6, 6.07) is 8.08. The molecule has 0 heterocycles. The fourth-order valence-corrected chi connectivity index (χ4v) is 2.80. The van der Waals surface area contributed by atoms with E-state index in [0.29, 0.717) is 79.3 Å². The Balaban J connectivity index is 1.84. The molecule has 0 fully saturated rings. The monoisotopic (exact) mass is 525 g/mol. The summed E-state index contributed by atoms with van der Waals surface area (Å²) in [6.45, 7) is 5.09. The number of hydrogen-bond donors (Lipinski definition) is 2. The number of nitrogens with one attached hydrogen (secondary N) is 1. The first kappa shape index (κ1) is 32.5. The Hall–Kier alpha value is -2.56. The standard InChI is InChI=1S/C26H39NO10/c1-2-8-31-9-10-32-11-12-33-13-14-34-15-16-35-17-18-36-19-20-37-22-25(28)27-24(26(29)30)21-23-6-4-3-5-7-23/h1,3-7,24H,8-22H2,(H,27,28)(H,29,30)/t24-/m0/s1. The minimum Gasteiger partial charge on any atom is -0.480 e. The average Bonchev–Trinajstić information content (AvgIpc) is 2.89. The predicted octanol–water partition coefficient (Wildman–Crippen LogP) is 0.548. The van der Waals surface area contributed by atoms with Crippen LogP contribution >= 0.6 is 0 Å². The molecule has 37 heavy (non-hydrogen) atoms. The van der Waals surface area contributed by atoms with Gasteiger partial charge in [0.2, 0.25) is 5.91 Å². The Labute approximate surface area is 218 Å². The third kappa shape index (κ3) is 20.2. The van der Waals surface area contributed by atoms with E-state index in [1.165, 1.54) is 0 Å². The van der Waals surface area contributed by atoms with Crippen LogP contribution in [-0.4, -0.2) is 116 Å². The van der Waals surface area contributed by atoms with Crippen molar-refractivity contribution in [3.8, 4) is 12.3 Å². The second-order valence-corrected chi connectivity index (χ2v) is 7.52. The second kappa shape index (κ2) is 23.8. The van der Waals surface area contributed by atoms with Crippen LogP contribution in [0.1, 0.15) is 5.56 Å². The first-order valence-corrected chi connectivity index (χ1v) is 12.2. The van der Waals surface area contributed by atoms with Crippen LogP contribution in [0.4, 0.5) is 0 Å². The average molecular weight is 526 g/mol. The Bertz CT molecular complexity index is 741. The highest BCUT2D eigenvalue weighted by Gasteiger charge is 2.20. The number of amides is 1. The van der Waals surface area contributed by atoms with Gasteiger partial charge in [0.1, 0.15) is 19.3 Å². The molecule has 0 radical (unpaired) electrons. The SMILES string of the molecule is C#CCOCCOCCOCCOCCOCCOCCOCC(=O)N[C@@H](Cc1ccccc1)C(=O)O. The van der Waals surface area contributed by atoms with E-state index in [1.807, 2.05) is 30.3 Å². The van der Waals surface area contributed by atoms with Gasteiger partial charge in [-0.15, -0.1) is 6.42 Å². The van der Waals surface area contributed by atoms with Crippen molar-refractivity contribution in [2.45, 2.75) is 12.5 Å². The fourth-order valence-electron chi connectivity index (χ4n) is 2.80. The van der Waals surface area contributed by atoms with Crippen LogP contribution in [0.3, 0.4) is 0 Å². The zero-order valence-electron chi connectivity index (χ0n) is 21.3. The molecule has 0 aliphatic carbocycles. The summed E-state index contributed by atoms with van der Waals surface area (Å²) >= 11 is 0. The molecule has 1 rings (SSSR count). The normalized spacial score (nSPS) is 11.6. The summed E-state index contributed by atoms with van der Waals surface area (Å²) in [5.41, 5.74) is 0.823. The number of hydrogen-bond acceptors (Lipinski definition) is 9. The van der Waals surface area contributed by atoms with Crippen molar-refractivity contribution in [2.24, 2.45) is 0 Å². The molecule has 0 bridgehead atoms. The summed E-state index contributed by atoms with van der Waals surface area (Å²) < 4.78 is 37.2. The number of carbonyl (C=O) groups excluding carboxylic acids is 1. The number of terminal acetylenes is 1. The Morgan fingerprint density at radius 1 is 0.730 bits per heavy atom. The molecule has 0 saturated carbocycles. The van der Waals surface area contributed by atoms with Gasteiger partial charge in [-0.2, -0.15) is 0 Å². The molecule has 11 nitrogen and oxygen atoms in total. The predicted molar refractivity (Wildman–Crippen MR) is 134 cm³/mol. The molecule has 1 amide bonds. The van der Waals surface area contributed by atoms with Gasteiger partial charge >= 0.3 is 5.97 Å². The topological polar surface area (TPSA) is 131 Å². The molecule has 208 valence electrons. The molecule has 11 heteroatoms. The Morgan fingerprint density at radius 2 is 1.16 bits per heavy atom. The fraction of sp³-hybridized carbons (Fsp3) is 0.615. The van der Waals surface area contributed by atoms with Crippen LogP contribution in [0.5, 0.6) is 0 Å². The quantitative estimate of drug-likeness (QED) is 0.138. The van der Waals surface area contributed by atoms with Crippen molar-refractivity contribution in [3.63, 3.8) is 0 Å². The van der Waals surface area contributed by atoms with Gasteiger partial charge < -0.3 is 43.6 Å². The maximum Gasteiger partial charge on any atom is 0.326 e. The van der Waals surface area contributed by atoms with Gasteiger partial charge in [-0.3, -0.25) is 4.79 Å². The third-order valence-corrected chi connectivity index (χ3v) is 4.57. The van der Waals surface area contributed by atoms with Crippen molar-refractivity contribution in [2.75, 3.05) is 92.5 Å². The highest BCUT2D eigenvalue weighted by Crippen LogP contribution is 2.03.